The molecule has 0 heterocycles. The van der Waals surface area contributed by atoms with Crippen molar-refractivity contribution >= 4 is 17.6 Å². The van der Waals surface area contributed by atoms with E-state index in [1.54, 1.807) is 13.0 Å². The highest BCUT2D eigenvalue weighted by Gasteiger charge is 2.17. The number of carbonyl (C=O) groups is 2. The summed E-state index contributed by atoms with van der Waals surface area (Å²) in [6.07, 6.45) is 0. The number of nitrogens with one attached hydrogen (secondary N) is 1. The maximum absolute atomic E-state index is 12.5. The number of ether oxygens (including phenoxy) is 3. The normalized spacial score (nSPS) is 10.1. The van der Waals surface area contributed by atoms with Gasteiger partial charge in [0.25, 0.3) is 5.91 Å². The Kier molecular flexibility index (Phi) is 5.49. The van der Waals surface area contributed by atoms with Crippen molar-refractivity contribution in [3.63, 3.8) is 0 Å². The van der Waals surface area contributed by atoms with Crippen LogP contribution in [0.5, 0.6) is 17.2 Å². The molecule has 0 atom stereocenters. The fourth-order valence-electron chi connectivity index (χ4n) is 2.34. The molecule has 0 aliphatic heterocycles. The highest BCUT2D eigenvalue weighted by molar-refractivity contribution is 6.05. The zero-order valence-corrected chi connectivity index (χ0v) is 14.4. The fourth-order valence-corrected chi connectivity index (χ4v) is 2.34. The molecule has 0 unspecified atom stereocenters. The van der Waals surface area contributed by atoms with E-state index in [9.17, 15) is 9.59 Å². The lowest BCUT2D eigenvalue weighted by molar-refractivity contribution is 0.0696. The Hall–Kier alpha value is -3.22. The molecule has 0 radical (unpaired) electrons. The number of aromatic carboxylic acids is 1. The first-order valence-electron chi connectivity index (χ1n) is 7.36. The maximum atomic E-state index is 12.5. The van der Waals surface area contributed by atoms with Crippen LogP contribution in [0.2, 0.25) is 0 Å². The first-order valence-corrected chi connectivity index (χ1v) is 7.36. The predicted octanol–water partition coefficient (Wildman–Crippen LogP) is 2.97. The predicted molar refractivity (Wildman–Crippen MR) is 92.2 cm³/mol. The van der Waals surface area contributed by atoms with Crippen molar-refractivity contribution in [3.05, 3.63) is 47.0 Å². The molecule has 132 valence electrons. The third kappa shape index (κ3) is 3.82. The van der Waals surface area contributed by atoms with Crippen LogP contribution in [-0.4, -0.2) is 38.3 Å². The van der Waals surface area contributed by atoms with Crippen molar-refractivity contribution in [1.29, 1.82) is 0 Å². The minimum absolute atomic E-state index is 0.156. The van der Waals surface area contributed by atoms with Gasteiger partial charge in [-0.2, -0.15) is 0 Å². The Balaban J connectivity index is 2.34. The number of rotatable bonds is 6. The van der Waals surface area contributed by atoms with Gasteiger partial charge in [0.1, 0.15) is 0 Å². The van der Waals surface area contributed by atoms with E-state index < -0.39 is 5.97 Å². The molecule has 7 nitrogen and oxygen atoms in total. The second kappa shape index (κ2) is 7.57. The molecule has 2 aromatic carbocycles. The summed E-state index contributed by atoms with van der Waals surface area (Å²) in [6, 6.07) is 7.55. The van der Waals surface area contributed by atoms with E-state index in [4.69, 9.17) is 19.3 Å². The van der Waals surface area contributed by atoms with Gasteiger partial charge in [-0.25, -0.2) is 4.79 Å². The molecule has 0 aliphatic carbocycles. The molecule has 25 heavy (non-hydrogen) atoms. The third-order valence-corrected chi connectivity index (χ3v) is 3.65. The number of carboxylic acid groups (broad SMARTS) is 1. The number of hydrogen-bond donors (Lipinski definition) is 2. The van der Waals surface area contributed by atoms with E-state index in [-0.39, 0.29) is 11.5 Å². The Labute approximate surface area is 145 Å². The van der Waals surface area contributed by atoms with Gasteiger partial charge in [0, 0.05) is 11.3 Å². The number of carbonyl (C=O) groups excluding carboxylic acids is 1. The second-order valence-corrected chi connectivity index (χ2v) is 5.20. The van der Waals surface area contributed by atoms with Crippen LogP contribution < -0.4 is 19.5 Å². The van der Waals surface area contributed by atoms with Gasteiger partial charge < -0.3 is 24.6 Å². The van der Waals surface area contributed by atoms with Crippen molar-refractivity contribution in [3.8, 4) is 17.2 Å². The number of hydrogen-bond acceptors (Lipinski definition) is 5. The molecule has 2 aromatic rings. The van der Waals surface area contributed by atoms with E-state index in [2.05, 4.69) is 5.32 Å². The molecular weight excluding hydrogens is 326 g/mol. The molecule has 0 saturated carbocycles. The summed E-state index contributed by atoms with van der Waals surface area (Å²) in [5, 5.41) is 11.7. The van der Waals surface area contributed by atoms with E-state index in [0.717, 1.165) is 0 Å². The molecule has 0 aromatic heterocycles. The van der Waals surface area contributed by atoms with Crippen molar-refractivity contribution in [2.24, 2.45) is 0 Å². The van der Waals surface area contributed by atoms with Gasteiger partial charge in [0.15, 0.2) is 11.5 Å². The summed E-state index contributed by atoms with van der Waals surface area (Å²) in [7, 11) is 4.41. The van der Waals surface area contributed by atoms with Crippen LogP contribution in [0.25, 0.3) is 0 Å². The van der Waals surface area contributed by atoms with Gasteiger partial charge in [0.05, 0.1) is 26.9 Å². The van der Waals surface area contributed by atoms with Gasteiger partial charge in [-0.3, -0.25) is 4.79 Å². The largest absolute Gasteiger partial charge is 0.493 e. The summed E-state index contributed by atoms with van der Waals surface area (Å²) < 4.78 is 15.7. The van der Waals surface area contributed by atoms with Gasteiger partial charge in [-0.1, -0.05) is 0 Å². The van der Waals surface area contributed by atoms with Crippen molar-refractivity contribution in [2.75, 3.05) is 26.6 Å². The van der Waals surface area contributed by atoms with Crippen LogP contribution in [-0.2, 0) is 0 Å². The first kappa shape index (κ1) is 18.1. The minimum Gasteiger partial charge on any atom is -0.493 e. The standard InChI is InChI=1S/C18H19NO6/c1-10-7-11(18(21)22)5-6-13(10)19-17(20)12-8-14(23-2)16(25-4)15(9-12)24-3/h5-9H,1-4H3,(H,19,20)(H,21,22). The summed E-state index contributed by atoms with van der Waals surface area (Å²) in [5.74, 6) is -0.283. The fraction of sp³-hybridized carbons (Fsp3) is 0.222. The molecule has 1 amide bonds. The smallest absolute Gasteiger partial charge is 0.335 e. The van der Waals surface area contributed by atoms with Crippen LogP contribution in [0.3, 0.4) is 0 Å². The van der Waals surface area contributed by atoms with Gasteiger partial charge in [-0.05, 0) is 42.8 Å². The Morgan fingerprint density at radius 1 is 0.920 bits per heavy atom. The van der Waals surface area contributed by atoms with Crippen LogP contribution in [0.1, 0.15) is 26.3 Å². The molecule has 0 bridgehead atoms. The Bertz CT molecular complexity index is 790. The lowest BCUT2D eigenvalue weighted by atomic mass is 10.1. The van der Waals surface area contributed by atoms with Gasteiger partial charge in [-0.15, -0.1) is 0 Å². The number of benzene rings is 2. The number of methoxy groups -OCH3 is 3. The SMILES string of the molecule is COc1cc(C(=O)Nc2ccc(C(=O)O)cc2C)cc(OC)c1OC. The number of aryl methyl sites for hydroxylation is 1. The van der Waals surface area contributed by atoms with Gasteiger partial charge in [0.2, 0.25) is 5.75 Å². The molecule has 7 heteroatoms. The number of amides is 1. The molecule has 0 spiro atoms. The highest BCUT2D eigenvalue weighted by atomic mass is 16.5. The van der Waals surface area contributed by atoms with Crippen molar-refractivity contribution < 1.29 is 28.9 Å². The monoisotopic (exact) mass is 345 g/mol. The third-order valence-electron chi connectivity index (χ3n) is 3.65. The zero-order chi connectivity index (χ0) is 18.6. The minimum atomic E-state index is -1.02. The average Bonchev–Trinajstić information content (AvgIpc) is 2.61. The van der Waals surface area contributed by atoms with Crippen LogP contribution in [0.4, 0.5) is 5.69 Å². The van der Waals surface area contributed by atoms with E-state index >= 15 is 0 Å². The topological polar surface area (TPSA) is 94.1 Å². The Morgan fingerprint density at radius 3 is 1.96 bits per heavy atom. The number of anilines is 1. The average molecular weight is 345 g/mol. The number of carboxylic acids is 1. The summed E-state index contributed by atoms with van der Waals surface area (Å²) in [6.45, 7) is 1.72. The van der Waals surface area contributed by atoms with Gasteiger partial charge >= 0.3 is 5.97 Å². The molecule has 0 aliphatic rings. The van der Waals surface area contributed by atoms with Crippen LogP contribution in [0, 0.1) is 6.92 Å². The molecule has 2 N–H and O–H groups in total. The van der Waals surface area contributed by atoms with Crippen molar-refractivity contribution in [2.45, 2.75) is 6.92 Å². The van der Waals surface area contributed by atoms with E-state index in [1.165, 1.54) is 45.6 Å². The maximum Gasteiger partial charge on any atom is 0.335 e. The van der Waals surface area contributed by atoms with Crippen molar-refractivity contribution in [1.82, 2.24) is 0 Å². The molecule has 0 saturated heterocycles. The summed E-state index contributed by atoms with van der Waals surface area (Å²) >= 11 is 0. The molecule has 2 rings (SSSR count). The lowest BCUT2D eigenvalue weighted by Crippen LogP contribution is -2.14. The Morgan fingerprint density at radius 2 is 1.52 bits per heavy atom. The quantitative estimate of drug-likeness (QED) is 0.836. The molecule has 0 fully saturated rings. The zero-order valence-electron chi connectivity index (χ0n) is 14.4. The first-order chi connectivity index (χ1) is 11.9. The summed E-state index contributed by atoms with van der Waals surface area (Å²) in [5.41, 5.74) is 1.63. The van der Waals surface area contributed by atoms with E-state index in [1.807, 2.05) is 0 Å². The lowest BCUT2D eigenvalue weighted by Gasteiger charge is -2.14. The summed E-state index contributed by atoms with van der Waals surface area (Å²) in [4.78, 5) is 23.5. The van der Waals surface area contributed by atoms with E-state index in [0.29, 0.717) is 34.1 Å². The highest BCUT2D eigenvalue weighted by Crippen LogP contribution is 2.38. The second-order valence-electron chi connectivity index (χ2n) is 5.20. The molecular formula is C18H19NO6. The van der Waals surface area contributed by atoms with Crippen LogP contribution in [0.15, 0.2) is 30.3 Å². The van der Waals surface area contributed by atoms with Crippen LogP contribution >= 0.6 is 0 Å².